The van der Waals surface area contributed by atoms with Gasteiger partial charge >= 0.3 is 0 Å². The minimum atomic E-state index is 0. The number of phenols is 1. The zero-order chi connectivity index (χ0) is 9.10. The van der Waals surface area contributed by atoms with E-state index in [9.17, 15) is 0 Å². The fourth-order valence-electron chi connectivity index (χ4n) is 1.59. The molecular weight excluding hydrogens is 244 g/mol. The molecular formula is C10H15BrN2O. The Labute approximate surface area is 94.5 Å². The molecule has 0 atom stereocenters. The fourth-order valence-corrected chi connectivity index (χ4v) is 1.59. The van der Waals surface area contributed by atoms with Gasteiger partial charge in [-0.2, -0.15) is 0 Å². The van der Waals surface area contributed by atoms with Crippen molar-refractivity contribution in [2.24, 2.45) is 0 Å². The highest BCUT2D eigenvalue weighted by molar-refractivity contribution is 8.93. The number of hydrogen-bond donors (Lipinski definition) is 2. The van der Waals surface area contributed by atoms with Gasteiger partial charge in [-0.05, 0) is 24.3 Å². The molecule has 0 amide bonds. The lowest BCUT2D eigenvalue weighted by molar-refractivity contribution is 0.475. The van der Waals surface area contributed by atoms with Crippen LogP contribution in [0.25, 0.3) is 0 Å². The molecule has 14 heavy (non-hydrogen) atoms. The van der Waals surface area contributed by atoms with Crippen molar-refractivity contribution in [3.05, 3.63) is 24.3 Å². The SMILES string of the molecule is Br.Oc1ccc(N2CCNCC2)cc1. The lowest BCUT2D eigenvalue weighted by Crippen LogP contribution is -2.43. The molecule has 2 N–H and O–H groups in total. The van der Waals surface area contributed by atoms with Crippen LogP contribution >= 0.6 is 17.0 Å². The lowest BCUT2D eigenvalue weighted by atomic mass is 10.2. The topological polar surface area (TPSA) is 35.5 Å². The predicted octanol–water partition coefficient (Wildman–Crippen LogP) is 1.38. The van der Waals surface area contributed by atoms with Crippen molar-refractivity contribution in [1.29, 1.82) is 0 Å². The van der Waals surface area contributed by atoms with Crippen LogP contribution in [0.1, 0.15) is 0 Å². The second-order valence-corrected chi connectivity index (χ2v) is 3.25. The molecule has 0 saturated carbocycles. The first-order valence-electron chi connectivity index (χ1n) is 4.61. The van der Waals surface area contributed by atoms with Gasteiger partial charge in [-0.1, -0.05) is 0 Å². The number of nitrogens with one attached hydrogen (secondary N) is 1. The molecule has 1 fully saturated rings. The molecule has 1 heterocycles. The minimum Gasteiger partial charge on any atom is -0.508 e. The summed E-state index contributed by atoms with van der Waals surface area (Å²) < 4.78 is 0. The number of rotatable bonds is 1. The minimum absolute atomic E-state index is 0. The van der Waals surface area contributed by atoms with Gasteiger partial charge in [0.05, 0.1) is 0 Å². The van der Waals surface area contributed by atoms with Gasteiger partial charge in [0.2, 0.25) is 0 Å². The Morgan fingerprint density at radius 3 is 2.21 bits per heavy atom. The molecule has 2 rings (SSSR count). The smallest absolute Gasteiger partial charge is 0.115 e. The predicted molar refractivity (Wildman–Crippen MR) is 63.5 cm³/mol. The van der Waals surface area contributed by atoms with Crippen LogP contribution in [0.15, 0.2) is 24.3 Å². The highest BCUT2D eigenvalue weighted by Crippen LogP contribution is 2.18. The van der Waals surface area contributed by atoms with Gasteiger partial charge in [-0.25, -0.2) is 0 Å². The summed E-state index contributed by atoms with van der Waals surface area (Å²) in [6.07, 6.45) is 0. The molecule has 3 nitrogen and oxygen atoms in total. The third-order valence-electron chi connectivity index (χ3n) is 2.33. The maximum atomic E-state index is 9.12. The van der Waals surface area contributed by atoms with E-state index in [-0.39, 0.29) is 17.0 Å². The number of piperazine rings is 1. The number of phenolic OH excluding ortho intramolecular Hbond substituents is 1. The van der Waals surface area contributed by atoms with E-state index in [4.69, 9.17) is 5.11 Å². The number of anilines is 1. The summed E-state index contributed by atoms with van der Waals surface area (Å²) in [5, 5.41) is 12.4. The molecule has 0 aliphatic carbocycles. The molecule has 0 bridgehead atoms. The summed E-state index contributed by atoms with van der Waals surface area (Å²) in [6, 6.07) is 7.38. The number of aromatic hydroxyl groups is 1. The van der Waals surface area contributed by atoms with Crippen LogP contribution in [-0.2, 0) is 0 Å². The summed E-state index contributed by atoms with van der Waals surface area (Å²) in [5.74, 6) is 0.332. The van der Waals surface area contributed by atoms with E-state index in [1.165, 1.54) is 5.69 Å². The van der Waals surface area contributed by atoms with Crippen molar-refractivity contribution >= 4 is 22.7 Å². The van der Waals surface area contributed by atoms with Gasteiger partial charge in [-0.3, -0.25) is 0 Å². The van der Waals surface area contributed by atoms with Gasteiger partial charge in [0.25, 0.3) is 0 Å². The fraction of sp³-hybridized carbons (Fsp3) is 0.400. The molecule has 1 aromatic rings. The third-order valence-corrected chi connectivity index (χ3v) is 2.33. The van der Waals surface area contributed by atoms with E-state index in [1.54, 1.807) is 12.1 Å². The Morgan fingerprint density at radius 2 is 1.64 bits per heavy atom. The van der Waals surface area contributed by atoms with Crippen LogP contribution in [0.3, 0.4) is 0 Å². The zero-order valence-electron chi connectivity index (χ0n) is 7.94. The largest absolute Gasteiger partial charge is 0.508 e. The average molecular weight is 259 g/mol. The lowest BCUT2D eigenvalue weighted by Gasteiger charge is -2.29. The van der Waals surface area contributed by atoms with E-state index in [1.807, 2.05) is 12.1 Å². The number of halogens is 1. The van der Waals surface area contributed by atoms with Gasteiger partial charge < -0.3 is 15.3 Å². The van der Waals surface area contributed by atoms with Crippen molar-refractivity contribution in [1.82, 2.24) is 5.32 Å². The Bertz CT molecular complexity index is 270. The van der Waals surface area contributed by atoms with E-state index in [2.05, 4.69) is 10.2 Å². The van der Waals surface area contributed by atoms with Gasteiger partial charge in [0.15, 0.2) is 0 Å². The molecule has 0 radical (unpaired) electrons. The van der Waals surface area contributed by atoms with Crippen LogP contribution in [0, 0.1) is 0 Å². The monoisotopic (exact) mass is 258 g/mol. The molecule has 1 saturated heterocycles. The van der Waals surface area contributed by atoms with Crippen molar-refractivity contribution in [2.75, 3.05) is 31.1 Å². The maximum Gasteiger partial charge on any atom is 0.115 e. The Morgan fingerprint density at radius 1 is 1.07 bits per heavy atom. The van der Waals surface area contributed by atoms with Gasteiger partial charge in [0.1, 0.15) is 5.75 Å². The Balaban J connectivity index is 0.000000980. The number of nitrogens with zero attached hydrogens (tertiary/aromatic N) is 1. The van der Waals surface area contributed by atoms with Crippen LogP contribution in [-0.4, -0.2) is 31.3 Å². The van der Waals surface area contributed by atoms with Gasteiger partial charge in [0, 0.05) is 31.9 Å². The highest BCUT2D eigenvalue weighted by atomic mass is 79.9. The molecule has 1 aromatic carbocycles. The van der Waals surface area contributed by atoms with Crippen molar-refractivity contribution in [3.8, 4) is 5.75 Å². The second-order valence-electron chi connectivity index (χ2n) is 3.25. The first kappa shape index (κ1) is 11.3. The number of benzene rings is 1. The maximum absolute atomic E-state index is 9.12. The first-order chi connectivity index (χ1) is 6.36. The molecule has 1 aliphatic rings. The molecule has 1 aliphatic heterocycles. The quantitative estimate of drug-likeness (QED) is 0.799. The number of hydrogen-bond acceptors (Lipinski definition) is 3. The summed E-state index contributed by atoms with van der Waals surface area (Å²) in [6.45, 7) is 4.18. The first-order valence-corrected chi connectivity index (χ1v) is 4.61. The van der Waals surface area contributed by atoms with E-state index in [0.717, 1.165) is 26.2 Å². The molecule has 78 valence electrons. The van der Waals surface area contributed by atoms with Crippen LogP contribution in [0.2, 0.25) is 0 Å². The van der Waals surface area contributed by atoms with E-state index < -0.39 is 0 Å². The molecule has 4 heteroatoms. The van der Waals surface area contributed by atoms with Crippen molar-refractivity contribution in [2.45, 2.75) is 0 Å². The van der Waals surface area contributed by atoms with Crippen LogP contribution in [0.4, 0.5) is 5.69 Å². The summed E-state index contributed by atoms with van der Waals surface area (Å²) >= 11 is 0. The van der Waals surface area contributed by atoms with E-state index >= 15 is 0 Å². The Hall–Kier alpha value is -0.740. The highest BCUT2D eigenvalue weighted by Gasteiger charge is 2.09. The van der Waals surface area contributed by atoms with Crippen LogP contribution in [0.5, 0.6) is 5.75 Å². The van der Waals surface area contributed by atoms with Crippen LogP contribution < -0.4 is 10.2 Å². The van der Waals surface area contributed by atoms with E-state index in [0.29, 0.717) is 5.75 Å². The molecule has 0 spiro atoms. The summed E-state index contributed by atoms with van der Waals surface area (Å²) in [4.78, 5) is 2.32. The Kier molecular flexibility index (Phi) is 4.22. The van der Waals surface area contributed by atoms with Crippen molar-refractivity contribution < 1.29 is 5.11 Å². The molecule has 0 aromatic heterocycles. The normalized spacial score (nSPS) is 16.1. The standard InChI is InChI=1S/C10H14N2O.BrH/c13-10-3-1-9(2-4-10)12-7-5-11-6-8-12;/h1-4,11,13H,5-8H2;1H. The average Bonchev–Trinajstić information content (AvgIpc) is 2.20. The van der Waals surface area contributed by atoms with Gasteiger partial charge in [-0.15, -0.1) is 17.0 Å². The second kappa shape index (κ2) is 5.22. The zero-order valence-corrected chi connectivity index (χ0v) is 9.65. The summed E-state index contributed by atoms with van der Waals surface area (Å²) in [5.41, 5.74) is 1.19. The summed E-state index contributed by atoms with van der Waals surface area (Å²) in [7, 11) is 0. The molecule has 0 unspecified atom stereocenters. The van der Waals surface area contributed by atoms with Crippen molar-refractivity contribution in [3.63, 3.8) is 0 Å². The third kappa shape index (κ3) is 2.62.